The highest BCUT2D eigenvalue weighted by molar-refractivity contribution is 5.24. The summed E-state index contributed by atoms with van der Waals surface area (Å²) < 4.78 is 18.7. The van der Waals surface area contributed by atoms with Gasteiger partial charge in [0.05, 0.1) is 18.9 Å². The van der Waals surface area contributed by atoms with Gasteiger partial charge in [0, 0.05) is 31.4 Å². The maximum Gasteiger partial charge on any atom is 0.123 e. The molecule has 3 rings (SSSR count). The van der Waals surface area contributed by atoms with E-state index in [2.05, 4.69) is 9.88 Å². The largest absolute Gasteiger partial charge is 0.497 e. The van der Waals surface area contributed by atoms with E-state index in [1.54, 1.807) is 25.4 Å². The van der Waals surface area contributed by atoms with E-state index >= 15 is 0 Å². The number of aliphatic hydroxyl groups is 1. The summed E-state index contributed by atoms with van der Waals surface area (Å²) in [4.78, 5) is 6.47. The number of ether oxygens (including phenoxy) is 1. The monoisotopic (exact) mass is 302 g/mol. The van der Waals surface area contributed by atoms with Gasteiger partial charge in [-0.3, -0.25) is 9.88 Å². The molecule has 2 aromatic rings. The number of methoxy groups -OCH3 is 1. The lowest BCUT2D eigenvalue weighted by Gasteiger charge is -2.24. The molecule has 5 heteroatoms. The van der Waals surface area contributed by atoms with Crippen LogP contribution in [0.2, 0.25) is 0 Å². The molecule has 0 spiro atoms. The van der Waals surface area contributed by atoms with Gasteiger partial charge >= 0.3 is 0 Å². The van der Waals surface area contributed by atoms with Crippen LogP contribution in [0.1, 0.15) is 23.7 Å². The summed E-state index contributed by atoms with van der Waals surface area (Å²) >= 11 is 0. The molecule has 0 bridgehead atoms. The number of benzene rings is 1. The van der Waals surface area contributed by atoms with Crippen LogP contribution in [-0.2, 0) is 6.54 Å². The van der Waals surface area contributed by atoms with Crippen LogP contribution in [0.25, 0.3) is 0 Å². The molecule has 1 aromatic carbocycles. The van der Waals surface area contributed by atoms with E-state index in [4.69, 9.17) is 4.74 Å². The van der Waals surface area contributed by atoms with E-state index in [0.717, 1.165) is 17.0 Å². The van der Waals surface area contributed by atoms with Crippen molar-refractivity contribution in [3.8, 4) is 5.75 Å². The molecule has 0 saturated carbocycles. The fraction of sp³-hybridized carbons (Fsp3) is 0.353. The van der Waals surface area contributed by atoms with Gasteiger partial charge < -0.3 is 9.84 Å². The van der Waals surface area contributed by atoms with Crippen molar-refractivity contribution in [3.63, 3.8) is 0 Å². The Hall–Kier alpha value is -1.98. The average molecular weight is 302 g/mol. The topological polar surface area (TPSA) is 45.6 Å². The Morgan fingerprint density at radius 2 is 2.23 bits per heavy atom. The number of hydrogen-bond acceptors (Lipinski definition) is 4. The highest BCUT2D eigenvalue weighted by Crippen LogP contribution is 2.33. The van der Waals surface area contributed by atoms with Crippen molar-refractivity contribution in [2.24, 2.45) is 0 Å². The van der Waals surface area contributed by atoms with Gasteiger partial charge in [0.1, 0.15) is 11.6 Å². The van der Waals surface area contributed by atoms with E-state index in [9.17, 15) is 9.50 Å². The zero-order valence-corrected chi connectivity index (χ0v) is 12.4. The summed E-state index contributed by atoms with van der Waals surface area (Å²) in [6.07, 6.45) is 1.91. The Kier molecular flexibility index (Phi) is 4.36. The van der Waals surface area contributed by atoms with Gasteiger partial charge in [0.2, 0.25) is 0 Å². The second-order valence-electron chi connectivity index (χ2n) is 5.58. The van der Waals surface area contributed by atoms with Crippen molar-refractivity contribution in [1.82, 2.24) is 9.88 Å². The Balaban J connectivity index is 1.81. The number of aromatic nitrogens is 1. The minimum Gasteiger partial charge on any atom is -0.497 e. The second kappa shape index (κ2) is 6.42. The molecule has 116 valence electrons. The molecule has 22 heavy (non-hydrogen) atoms. The highest BCUT2D eigenvalue weighted by Gasteiger charge is 2.32. The number of halogens is 1. The molecule has 0 unspecified atom stereocenters. The van der Waals surface area contributed by atoms with Crippen LogP contribution < -0.4 is 4.74 Å². The number of likely N-dealkylation sites (tertiary alicyclic amines) is 1. The maximum absolute atomic E-state index is 13.5. The lowest BCUT2D eigenvalue weighted by molar-refractivity contribution is 0.172. The average Bonchev–Trinajstić information content (AvgIpc) is 2.88. The Labute approximate surface area is 129 Å². The van der Waals surface area contributed by atoms with Crippen LogP contribution in [0.5, 0.6) is 5.75 Å². The molecule has 2 heterocycles. The molecule has 1 N–H and O–H groups in total. The summed E-state index contributed by atoms with van der Waals surface area (Å²) in [6.45, 7) is 1.15. The quantitative estimate of drug-likeness (QED) is 0.943. The fourth-order valence-electron chi connectivity index (χ4n) is 2.99. The number of rotatable bonds is 4. The highest BCUT2D eigenvalue weighted by atomic mass is 19.1. The first kappa shape index (κ1) is 14.9. The minimum absolute atomic E-state index is 0.00120. The number of pyridine rings is 1. The van der Waals surface area contributed by atoms with Gasteiger partial charge in [-0.1, -0.05) is 12.1 Å². The van der Waals surface area contributed by atoms with Crippen molar-refractivity contribution >= 4 is 0 Å². The number of nitrogens with zero attached hydrogens (tertiary/aromatic N) is 2. The SMILES string of the molecule is COc1ccnc(CN2C[C@H](O)C[C@@H]2c2cccc(F)c2)c1. The Morgan fingerprint density at radius 1 is 1.36 bits per heavy atom. The molecule has 1 aromatic heterocycles. The van der Waals surface area contributed by atoms with Gasteiger partial charge in [0.15, 0.2) is 0 Å². The molecule has 0 aliphatic carbocycles. The smallest absolute Gasteiger partial charge is 0.123 e. The minimum atomic E-state index is -0.404. The van der Waals surface area contributed by atoms with Crippen LogP contribution >= 0.6 is 0 Å². The maximum atomic E-state index is 13.5. The number of aliphatic hydroxyl groups excluding tert-OH is 1. The Bertz CT molecular complexity index is 650. The van der Waals surface area contributed by atoms with Gasteiger partial charge in [-0.2, -0.15) is 0 Å². The van der Waals surface area contributed by atoms with Crippen LogP contribution in [0.3, 0.4) is 0 Å². The van der Waals surface area contributed by atoms with E-state index in [1.165, 1.54) is 12.1 Å². The van der Waals surface area contributed by atoms with Gasteiger partial charge in [0.25, 0.3) is 0 Å². The molecular weight excluding hydrogens is 283 g/mol. The van der Waals surface area contributed by atoms with E-state index in [-0.39, 0.29) is 11.9 Å². The predicted octanol–water partition coefficient (Wildman–Crippen LogP) is 2.54. The zero-order valence-electron chi connectivity index (χ0n) is 12.4. The molecule has 2 atom stereocenters. The molecule has 1 saturated heterocycles. The lowest BCUT2D eigenvalue weighted by atomic mass is 10.0. The molecule has 0 radical (unpaired) electrons. The van der Waals surface area contributed by atoms with Crippen LogP contribution in [0, 0.1) is 5.82 Å². The Morgan fingerprint density at radius 3 is 3.00 bits per heavy atom. The third kappa shape index (κ3) is 3.26. The molecule has 1 fully saturated rings. The zero-order chi connectivity index (χ0) is 15.5. The number of β-amino-alcohol motifs (C(OH)–C–C–N with tert-alkyl or cyclic N) is 1. The fourth-order valence-corrected chi connectivity index (χ4v) is 2.99. The normalized spacial score (nSPS) is 22.0. The van der Waals surface area contributed by atoms with Crippen molar-refractivity contribution in [3.05, 3.63) is 59.7 Å². The van der Waals surface area contributed by atoms with E-state index < -0.39 is 6.10 Å². The van der Waals surface area contributed by atoms with Gasteiger partial charge in [-0.05, 0) is 30.2 Å². The third-order valence-corrected chi connectivity index (χ3v) is 4.00. The molecular formula is C17H19FN2O2. The molecule has 1 aliphatic rings. The van der Waals surface area contributed by atoms with E-state index in [0.29, 0.717) is 19.5 Å². The van der Waals surface area contributed by atoms with Crippen LogP contribution in [0.4, 0.5) is 4.39 Å². The number of hydrogen-bond donors (Lipinski definition) is 1. The van der Waals surface area contributed by atoms with Crippen molar-refractivity contribution in [1.29, 1.82) is 0 Å². The van der Waals surface area contributed by atoms with E-state index in [1.807, 2.05) is 12.1 Å². The van der Waals surface area contributed by atoms with Crippen molar-refractivity contribution in [2.75, 3.05) is 13.7 Å². The second-order valence-corrected chi connectivity index (χ2v) is 5.58. The predicted molar refractivity (Wildman–Crippen MR) is 81.0 cm³/mol. The van der Waals surface area contributed by atoms with Crippen LogP contribution in [-0.4, -0.2) is 34.7 Å². The van der Waals surface area contributed by atoms with Crippen molar-refractivity contribution < 1.29 is 14.2 Å². The summed E-state index contributed by atoms with van der Waals surface area (Å²) in [5.41, 5.74) is 1.76. The first-order valence-corrected chi connectivity index (χ1v) is 7.32. The van der Waals surface area contributed by atoms with Crippen LogP contribution in [0.15, 0.2) is 42.6 Å². The summed E-state index contributed by atoms with van der Waals surface area (Å²) in [6, 6.07) is 10.3. The van der Waals surface area contributed by atoms with Gasteiger partial charge in [-0.15, -0.1) is 0 Å². The standard InChI is InChI=1S/C17H19FN2O2/c1-22-16-5-6-19-14(8-16)10-20-11-15(21)9-17(20)12-3-2-4-13(18)7-12/h2-8,15,17,21H,9-11H2,1H3/t15-,17-/m1/s1. The summed E-state index contributed by atoms with van der Waals surface area (Å²) in [5.74, 6) is 0.505. The molecule has 4 nitrogen and oxygen atoms in total. The van der Waals surface area contributed by atoms with Crippen molar-refractivity contribution in [2.45, 2.75) is 25.1 Å². The molecule has 1 aliphatic heterocycles. The third-order valence-electron chi connectivity index (χ3n) is 4.00. The molecule has 0 amide bonds. The first-order chi connectivity index (χ1) is 10.7. The lowest BCUT2D eigenvalue weighted by Crippen LogP contribution is -2.24. The summed E-state index contributed by atoms with van der Waals surface area (Å²) in [7, 11) is 1.62. The van der Waals surface area contributed by atoms with Gasteiger partial charge in [-0.25, -0.2) is 4.39 Å². The summed E-state index contributed by atoms with van der Waals surface area (Å²) in [5, 5.41) is 10.00. The first-order valence-electron chi connectivity index (χ1n) is 7.32.